The van der Waals surface area contributed by atoms with E-state index in [4.69, 9.17) is 0 Å². The van der Waals surface area contributed by atoms with Crippen molar-refractivity contribution in [2.24, 2.45) is 0 Å². The van der Waals surface area contributed by atoms with E-state index in [9.17, 15) is 0 Å². The van der Waals surface area contributed by atoms with E-state index in [0.717, 1.165) is 19.3 Å². The van der Waals surface area contributed by atoms with Crippen molar-refractivity contribution in [1.82, 2.24) is 0 Å². The molecule has 1 atom stereocenters. The number of aryl methyl sites for hydroxylation is 2. The molecule has 0 spiro atoms. The predicted octanol–water partition coefficient (Wildman–Crippen LogP) is 8.33. The van der Waals surface area contributed by atoms with E-state index in [1.807, 2.05) is 0 Å². The molecule has 33 heavy (non-hydrogen) atoms. The predicted molar refractivity (Wildman–Crippen MR) is 144 cm³/mol. The first-order valence-corrected chi connectivity index (χ1v) is 12.6. The third-order valence-corrected chi connectivity index (χ3v) is 8.52. The molecule has 1 unspecified atom stereocenters. The van der Waals surface area contributed by atoms with E-state index in [-0.39, 0.29) is 6.04 Å². The Hall–Kier alpha value is -2.84. The minimum absolute atomic E-state index is 0.275. The zero-order chi connectivity index (χ0) is 22.7. The molecule has 6 rings (SSSR count). The summed E-state index contributed by atoms with van der Waals surface area (Å²) in [5, 5.41) is 0. The van der Waals surface area contributed by atoms with Crippen molar-refractivity contribution in [1.29, 1.82) is 0 Å². The van der Waals surface area contributed by atoms with Crippen molar-refractivity contribution in [3.05, 3.63) is 117 Å². The Kier molecular flexibility index (Phi) is 4.96. The van der Waals surface area contributed by atoms with Gasteiger partial charge in [-0.3, -0.25) is 3.93 Å². The van der Waals surface area contributed by atoms with Gasteiger partial charge < -0.3 is 0 Å². The number of benzene rings is 3. The maximum absolute atomic E-state index is 3.94. The number of allylic oxidation sites excluding steroid dienone is 3. The molecule has 1 aliphatic heterocycles. The lowest BCUT2D eigenvalue weighted by Crippen LogP contribution is -2.21. The molecule has 2 aliphatic carbocycles. The van der Waals surface area contributed by atoms with Crippen LogP contribution in [0.1, 0.15) is 53.6 Å². The summed E-state index contributed by atoms with van der Waals surface area (Å²) in [6.07, 6.45) is 5.71. The van der Waals surface area contributed by atoms with E-state index in [0.29, 0.717) is 0 Å². The molecule has 164 valence electrons. The van der Waals surface area contributed by atoms with Crippen molar-refractivity contribution in [3.8, 4) is 0 Å². The number of halogens is 1. The molecule has 0 amide bonds. The molecule has 0 saturated carbocycles. The minimum atomic E-state index is 0.275. The molecule has 0 fully saturated rings. The molecule has 3 aromatic rings. The number of hydrogen-bond acceptors (Lipinski definition) is 1. The minimum Gasteiger partial charge on any atom is -0.297 e. The Labute approximate surface area is 205 Å². The maximum atomic E-state index is 3.94. The van der Waals surface area contributed by atoms with Crippen LogP contribution in [-0.2, 0) is 12.8 Å². The van der Waals surface area contributed by atoms with Crippen LogP contribution in [0, 0.1) is 6.92 Å². The Morgan fingerprint density at radius 1 is 0.909 bits per heavy atom. The summed E-state index contributed by atoms with van der Waals surface area (Å²) in [4.78, 5) is 0. The summed E-state index contributed by atoms with van der Waals surface area (Å²) in [5.41, 5.74) is 17.0. The van der Waals surface area contributed by atoms with Crippen molar-refractivity contribution in [3.63, 3.8) is 0 Å². The third kappa shape index (κ3) is 3.27. The second kappa shape index (κ2) is 7.88. The zero-order valence-electron chi connectivity index (χ0n) is 19.5. The summed E-state index contributed by atoms with van der Waals surface area (Å²) in [6, 6.07) is 24.8. The highest BCUT2D eigenvalue weighted by molar-refractivity contribution is 9.10. The summed E-state index contributed by atoms with van der Waals surface area (Å²) in [6.45, 7) is 6.83. The van der Waals surface area contributed by atoms with E-state index < -0.39 is 0 Å². The average molecular weight is 494 g/mol. The molecule has 0 saturated heterocycles. The number of hydrogen-bond donors (Lipinski definition) is 0. The van der Waals surface area contributed by atoms with Crippen LogP contribution < -0.4 is 3.93 Å². The smallest absolute Gasteiger partial charge is 0.0882 e. The van der Waals surface area contributed by atoms with E-state index in [2.05, 4.69) is 114 Å². The van der Waals surface area contributed by atoms with Gasteiger partial charge in [0.15, 0.2) is 0 Å². The third-order valence-electron chi connectivity index (χ3n) is 7.73. The standard InChI is InChI=1S/C31H28BrN/c1-19-15-28-27(18-24(19)14-13-22-16-25-11-7-8-12-26(25)17-22)30-29(23-9-5-4-6-10-23)20(2)21(3)31(30)33(28)32/h4-12,15-16,18,31H,13-14,17H2,1-3H3. The van der Waals surface area contributed by atoms with Crippen LogP contribution in [0.15, 0.2) is 83.4 Å². The van der Waals surface area contributed by atoms with Crippen LogP contribution >= 0.6 is 16.1 Å². The van der Waals surface area contributed by atoms with Gasteiger partial charge in [0.2, 0.25) is 0 Å². The summed E-state index contributed by atoms with van der Waals surface area (Å²) >= 11 is 3.94. The molecule has 1 heterocycles. The Morgan fingerprint density at radius 3 is 2.45 bits per heavy atom. The highest BCUT2D eigenvalue weighted by Gasteiger charge is 2.41. The maximum Gasteiger partial charge on any atom is 0.0882 e. The van der Waals surface area contributed by atoms with Crippen LogP contribution in [0.25, 0.3) is 17.2 Å². The normalized spacial score (nSPS) is 18.6. The second-order valence-corrected chi connectivity index (χ2v) is 10.4. The van der Waals surface area contributed by atoms with Crippen LogP contribution in [0.4, 0.5) is 5.69 Å². The Bertz CT molecular complexity index is 1370. The molecule has 0 radical (unpaired) electrons. The lowest BCUT2D eigenvalue weighted by Gasteiger charge is -2.20. The number of nitrogens with zero attached hydrogens (tertiary/aromatic N) is 1. The van der Waals surface area contributed by atoms with Crippen molar-refractivity contribution >= 4 is 39.1 Å². The van der Waals surface area contributed by atoms with E-state index >= 15 is 0 Å². The fourth-order valence-electron chi connectivity index (χ4n) is 5.85. The number of rotatable bonds is 4. The molecule has 3 aliphatic rings. The topological polar surface area (TPSA) is 3.24 Å². The van der Waals surface area contributed by atoms with Crippen LogP contribution in [0.2, 0.25) is 0 Å². The molecule has 2 heteroatoms. The molecular weight excluding hydrogens is 466 g/mol. The van der Waals surface area contributed by atoms with Gasteiger partial charge in [-0.2, -0.15) is 0 Å². The SMILES string of the molecule is CC1=C(C)C2C(=C1c1ccccc1)c1cc(CCC3=Cc4ccccc4C3)c(C)cc1N2Br. The van der Waals surface area contributed by atoms with Gasteiger partial charge in [-0.05, 0) is 102 Å². The van der Waals surface area contributed by atoms with Crippen molar-refractivity contribution in [2.45, 2.75) is 46.1 Å². The van der Waals surface area contributed by atoms with E-state index in [1.54, 1.807) is 5.57 Å². The quantitative estimate of drug-likeness (QED) is 0.330. The molecule has 0 bridgehead atoms. The van der Waals surface area contributed by atoms with Gasteiger partial charge in [-0.25, -0.2) is 0 Å². The first kappa shape index (κ1) is 20.7. The number of fused-ring (bicyclic) bond motifs is 4. The molecular formula is C31H28BrN. The Balaban J connectivity index is 1.38. The fraction of sp³-hybridized carbons (Fsp3) is 0.226. The average Bonchev–Trinajstić information content (AvgIpc) is 3.44. The van der Waals surface area contributed by atoms with Crippen LogP contribution in [0.5, 0.6) is 0 Å². The highest BCUT2D eigenvalue weighted by Crippen LogP contribution is 2.55. The van der Waals surface area contributed by atoms with Crippen molar-refractivity contribution < 1.29 is 0 Å². The van der Waals surface area contributed by atoms with Crippen molar-refractivity contribution in [2.75, 3.05) is 3.93 Å². The van der Waals surface area contributed by atoms with Crippen LogP contribution in [0.3, 0.4) is 0 Å². The summed E-state index contributed by atoms with van der Waals surface area (Å²) in [7, 11) is 0. The van der Waals surface area contributed by atoms with Gasteiger partial charge in [0, 0.05) is 5.56 Å². The second-order valence-electron chi connectivity index (χ2n) is 9.65. The van der Waals surface area contributed by atoms with Gasteiger partial charge in [0.25, 0.3) is 0 Å². The summed E-state index contributed by atoms with van der Waals surface area (Å²) < 4.78 is 2.30. The van der Waals surface area contributed by atoms with E-state index in [1.165, 1.54) is 61.4 Å². The Morgan fingerprint density at radius 2 is 1.67 bits per heavy atom. The van der Waals surface area contributed by atoms with Gasteiger partial charge in [-0.15, -0.1) is 0 Å². The lowest BCUT2D eigenvalue weighted by molar-refractivity contribution is 0.910. The summed E-state index contributed by atoms with van der Waals surface area (Å²) in [5.74, 6) is 0. The molecule has 1 nitrogen and oxygen atoms in total. The van der Waals surface area contributed by atoms with Crippen LogP contribution in [-0.4, -0.2) is 6.04 Å². The van der Waals surface area contributed by atoms with Gasteiger partial charge in [0.1, 0.15) is 0 Å². The lowest BCUT2D eigenvalue weighted by atomic mass is 9.91. The molecule has 0 aromatic heterocycles. The largest absolute Gasteiger partial charge is 0.297 e. The fourth-order valence-corrected chi connectivity index (χ4v) is 6.65. The monoisotopic (exact) mass is 493 g/mol. The van der Waals surface area contributed by atoms with Gasteiger partial charge >= 0.3 is 0 Å². The first-order valence-electron chi connectivity index (χ1n) is 11.9. The zero-order valence-corrected chi connectivity index (χ0v) is 21.0. The number of anilines is 1. The molecule has 3 aromatic carbocycles. The molecule has 0 N–H and O–H groups in total. The van der Waals surface area contributed by atoms with Gasteiger partial charge in [0.05, 0.1) is 27.9 Å². The highest BCUT2D eigenvalue weighted by atomic mass is 79.9. The first-order chi connectivity index (χ1) is 16.0. The van der Waals surface area contributed by atoms with Gasteiger partial charge in [-0.1, -0.05) is 66.2 Å².